The summed E-state index contributed by atoms with van der Waals surface area (Å²) in [7, 11) is 1.81. The molecule has 122 valence electrons. The summed E-state index contributed by atoms with van der Waals surface area (Å²) in [4.78, 5) is 10.1. The Bertz CT molecular complexity index is 688. The van der Waals surface area contributed by atoms with Gasteiger partial charge in [0.1, 0.15) is 5.01 Å². The molecular weight excluding hydrogens is 372 g/mol. The van der Waals surface area contributed by atoms with Gasteiger partial charge in [-0.1, -0.05) is 28.1 Å². The first kappa shape index (κ1) is 16.5. The fraction of sp³-hybridized carbons (Fsp3) is 0.412. The van der Waals surface area contributed by atoms with Gasteiger partial charge in [0.25, 0.3) is 0 Å². The van der Waals surface area contributed by atoms with Gasteiger partial charge in [-0.15, -0.1) is 11.3 Å². The molecule has 0 aliphatic heterocycles. The number of thiazole rings is 1. The van der Waals surface area contributed by atoms with Crippen molar-refractivity contribution in [3.05, 3.63) is 49.9 Å². The van der Waals surface area contributed by atoms with E-state index in [2.05, 4.69) is 74.7 Å². The Morgan fingerprint density at radius 3 is 2.70 bits per heavy atom. The minimum Gasteiger partial charge on any atom is -0.353 e. The molecule has 1 heterocycles. The van der Waals surface area contributed by atoms with E-state index in [0.717, 1.165) is 27.6 Å². The van der Waals surface area contributed by atoms with Crippen LogP contribution in [-0.4, -0.2) is 24.0 Å². The van der Waals surface area contributed by atoms with Gasteiger partial charge in [0.15, 0.2) is 5.96 Å². The first-order valence-electron chi connectivity index (χ1n) is 7.72. The number of nitrogens with one attached hydrogen (secondary N) is 2. The zero-order valence-electron chi connectivity index (χ0n) is 13.6. The molecule has 2 unspecified atom stereocenters. The van der Waals surface area contributed by atoms with Crippen molar-refractivity contribution in [1.29, 1.82) is 0 Å². The van der Waals surface area contributed by atoms with Crippen molar-refractivity contribution in [1.82, 2.24) is 15.6 Å². The zero-order chi connectivity index (χ0) is 16.4. The van der Waals surface area contributed by atoms with Crippen LogP contribution in [0.2, 0.25) is 0 Å². The van der Waals surface area contributed by atoms with Crippen molar-refractivity contribution < 1.29 is 0 Å². The summed E-state index contributed by atoms with van der Waals surface area (Å²) in [5.41, 5.74) is 2.50. The van der Waals surface area contributed by atoms with Gasteiger partial charge in [0, 0.05) is 28.4 Å². The highest BCUT2D eigenvalue weighted by atomic mass is 79.9. The normalized spacial score (nSPS) is 20.4. The Morgan fingerprint density at radius 2 is 2.09 bits per heavy atom. The Hall–Kier alpha value is -1.40. The minimum atomic E-state index is 0.460. The summed E-state index contributed by atoms with van der Waals surface area (Å²) < 4.78 is 1.12. The van der Waals surface area contributed by atoms with E-state index in [1.807, 2.05) is 7.05 Å². The molecule has 23 heavy (non-hydrogen) atoms. The second-order valence-corrected chi connectivity index (χ2v) is 8.02. The third kappa shape index (κ3) is 4.12. The smallest absolute Gasteiger partial charge is 0.191 e. The van der Waals surface area contributed by atoms with Gasteiger partial charge in [-0.05, 0) is 38.0 Å². The second-order valence-electron chi connectivity index (χ2n) is 5.82. The lowest BCUT2D eigenvalue weighted by molar-refractivity contribution is 0.786. The molecule has 4 nitrogen and oxygen atoms in total. The van der Waals surface area contributed by atoms with E-state index in [9.17, 15) is 0 Å². The number of halogens is 1. The molecule has 1 aliphatic rings. The molecule has 3 rings (SSSR count). The quantitative estimate of drug-likeness (QED) is 0.615. The SMILES string of the molecule is CN=C(NCc1nc(C)c(C)s1)NC1CC1c1ccc(Br)cc1. The van der Waals surface area contributed by atoms with Crippen LogP contribution in [0, 0.1) is 13.8 Å². The van der Waals surface area contributed by atoms with E-state index in [1.54, 1.807) is 11.3 Å². The number of aromatic nitrogens is 1. The molecule has 2 N–H and O–H groups in total. The summed E-state index contributed by atoms with van der Waals surface area (Å²) in [6, 6.07) is 9.04. The molecule has 2 atom stereocenters. The van der Waals surface area contributed by atoms with E-state index in [-0.39, 0.29) is 0 Å². The zero-order valence-corrected chi connectivity index (χ0v) is 16.0. The molecule has 0 amide bonds. The lowest BCUT2D eigenvalue weighted by atomic mass is 10.1. The van der Waals surface area contributed by atoms with Crippen molar-refractivity contribution >= 4 is 33.2 Å². The molecule has 1 aromatic heterocycles. The van der Waals surface area contributed by atoms with Gasteiger partial charge < -0.3 is 10.6 Å². The topological polar surface area (TPSA) is 49.3 Å². The molecule has 1 aliphatic carbocycles. The lowest BCUT2D eigenvalue weighted by Gasteiger charge is -2.11. The molecule has 2 aromatic rings. The van der Waals surface area contributed by atoms with E-state index in [1.165, 1.54) is 10.4 Å². The number of rotatable bonds is 4. The molecule has 0 spiro atoms. The molecule has 1 fully saturated rings. The van der Waals surface area contributed by atoms with Crippen LogP contribution in [-0.2, 0) is 6.54 Å². The van der Waals surface area contributed by atoms with Crippen LogP contribution in [0.25, 0.3) is 0 Å². The highest BCUT2D eigenvalue weighted by molar-refractivity contribution is 9.10. The predicted octanol–water partition coefficient (Wildman–Crippen LogP) is 3.74. The fourth-order valence-electron chi connectivity index (χ4n) is 2.58. The lowest BCUT2D eigenvalue weighted by Crippen LogP contribution is -2.38. The number of aliphatic imine (C=N–C) groups is 1. The van der Waals surface area contributed by atoms with Gasteiger partial charge >= 0.3 is 0 Å². The van der Waals surface area contributed by atoms with Crippen LogP contribution < -0.4 is 10.6 Å². The van der Waals surface area contributed by atoms with Crippen molar-refractivity contribution in [2.24, 2.45) is 4.99 Å². The molecule has 1 saturated carbocycles. The molecule has 0 saturated heterocycles. The summed E-state index contributed by atoms with van der Waals surface area (Å²) >= 11 is 5.22. The van der Waals surface area contributed by atoms with Crippen molar-refractivity contribution in [3.8, 4) is 0 Å². The third-order valence-electron chi connectivity index (χ3n) is 4.11. The predicted molar refractivity (Wildman–Crippen MR) is 100 cm³/mol. The Morgan fingerprint density at radius 1 is 1.35 bits per heavy atom. The van der Waals surface area contributed by atoms with Gasteiger partial charge in [-0.2, -0.15) is 0 Å². The van der Waals surface area contributed by atoms with Crippen LogP contribution in [0.15, 0.2) is 33.7 Å². The third-order valence-corrected chi connectivity index (χ3v) is 5.72. The maximum Gasteiger partial charge on any atom is 0.191 e. The largest absolute Gasteiger partial charge is 0.353 e. The minimum absolute atomic E-state index is 0.460. The average Bonchev–Trinajstić information content (AvgIpc) is 3.23. The van der Waals surface area contributed by atoms with Gasteiger partial charge in [-0.3, -0.25) is 4.99 Å². The standard InChI is InChI=1S/C17H21BrN4S/c1-10-11(2)23-16(21-10)9-20-17(19-3)22-15-8-14(15)12-4-6-13(18)7-5-12/h4-7,14-15H,8-9H2,1-3H3,(H2,19,20,22). The van der Waals surface area contributed by atoms with Crippen LogP contribution in [0.3, 0.4) is 0 Å². The maximum absolute atomic E-state index is 4.55. The van der Waals surface area contributed by atoms with Crippen molar-refractivity contribution in [2.75, 3.05) is 7.05 Å². The van der Waals surface area contributed by atoms with Gasteiger partial charge in [0.05, 0.1) is 12.2 Å². The Kier molecular flexibility index (Phi) is 5.02. The summed E-state index contributed by atoms with van der Waals surface area (Å²) in [6.45, 7) is 4.88. The molecular formula is C17H21BrN4S. The average molecular weight is 393 g/mol. The van der Waals surface area contributed by atoms with Gasteiger partial charge in [0.2, 0.25) is 0 Å². The van der Waals surface area contributed by atoms with E-state index < -0.39 is 0 Å². The number of nitrogens with zero attached hydrogens (tertiary/aromatic N) is 2. The number of benzene rings is 1. The molecule has 0 bridgehead atoms. The number of hydrogen-bond acceptors (Lipinski definition) is 3. The highest BCUT2D eigenvalue weighted by Gasteiger charge is 2.38. The summed E-state index contributed by atoms with van der Waals surface area (Å²) in [6.07, 6.45) is 1.15. The number of aryl methyl sites for hydroxylation is 2. The van der Waals surface area contributed by atoms with Crippen LogP contribution in [0.5, 0.6) is 0 Å². The second kappa shape index (κ2) is 7.01. The maximum atomic E-state index is 4.55. The van der Waals surface area contributed by atoms with Crippen molar-refractivity contribution in [3.63, 3.8) is 0 Å². The fourth-order valence-corrected chi connectivity index (χ4v) is 3.72. The van der Waals surface area contributed by atoms with Crippen LogP contribution >= 0.6 is 27.3 Å². The molecule has 1 aromatic carbocycles. The van der Waals surface area contributed by atoms with E-state index in [4.69, 9.17) is 0 Å². The summed E-state index contributed by atoms with van der Waals surface area (Å²) in [5, 5.41) is 7.96. The van der Waals surface area contributed by atoms with Gasteiger partial charge in [-0.25, -0.2) is 4.98 Å². The van der Waals surface area contributed by atoms with E-state index in [0.29, 0.717) is 18.5 Å². The number of guanidine groups is 1. The Labute approximate surface area is 149 Å². The highest BCUT2D eigenvalue weighted by Crippen LogP contribution is 2.40. The Balaban J connectivity index is 1.52. The van der Waals surface area contributed by atoms with E-state index >= 15 is 0 Å². The van der Waals surface area contributed by atoms with Crippen LogP contribution in [0.4, 0.5) is 0 Å². The molecule has 0 radical (unpaired) electrons. The monoisotopic (exact) mass is 392 g/mol. The summed E-state index contributed by atoms with van der Waals surface area (Å²) in [5.74, 6) is 1.42. The first-order chi connectivity index (χ1) is 11.1. The number of hydrogen-bond donors (Lipinski definition) is 2. The van der Waals surface area contributed by atoms with Crippen LogP contribution in [0.1, 0.15) is 33.5 Å². The van der Waals surface area contributed by atoms with Crippen molar-refractivity contribution in [2.45, 2.75) is 38.8 Å². The first-order valence-corrected chi connectivity index (χ1v) is 9.33. The molecule has 6 heteroatoms.